The highest BCUT2D eigenvalue weighted by Gasteiger charge is 2.65. The molecule has 1 aromatic carbocycles. The number of nitrogens with zero attached hydrogens (tertiary/aromatic N) is 1. The molecule has 0 spiro atoms. The fourth-order valence-corrected chi connectivity index (χ4v) is 6.38. The topological polar surface area (TPSA) is 105 Å². The van der Waals surface area contributed by atoms with E-state index in [1.807, 2.05) is 33.8 Å². The number of benzene rings is 1. The van der Waals surface area contributed by atoms with Crippen molar-refractivity contribution in [3.63, 3.8) is 0 Å². The predicted molar refractivity (Wildman–Crippen MR) is 122 cm³/mol. The van der Waals surface area contributed by atoms with Crippen molar-refractivity contribution in [1.82, 2.24) is 10.2 Å². The maximum atomic E-state index is 13.7. The van der Waals surface area contributed by atoms with E-state index in [2.05, 4.69) is 5.32 Å². The van der Waals surface area contributed by atoms with Crippen molar-refractivity contribution in [1.29, 1.82) is 0 Å². The van der Waals surface area contributed by atoms with Crippen LogP contribution >= 0.6 is 11.8 Å². The van der Waals surface area contributed by atoms with Gasteiger partial charge in [0.2, 0.25) is 5.91 Å². The van der Waals surface area contributed by atoms with Gasteiger partial charge in [-0.15, -0.1) is 11.8 Å². The van der Waals surface area contributed by atoms with E-state index >= 15 is 0 Å². The van der Waals surface area contributed by atoms with Gasteiger partial charge in [-0.25, -0.2) is 4.79 Å². The fourth-order valence-electron chi connectivity index (χ4n) is 4.76. The molecule has 2 heterocycles. The molecule has 32 heavy (non-hydrogen) atoms. The number of thioether (sulfide) groups is 1. The van der Waals surface area contributed by atoms with E-state index < -0.39 is 39.7 Å². The molecule has 0 saturated carbocycles. The van der Waals surface area contributed by atoms with Gasteiger partial charge >= 0.3 is 5.97 Å². The van der Waals surface area contributed by atoms with Crippen LogP contribution in [-0.4, -0.2) is 62.7 Å². The highest BCUT2D eigenvalue weighted by Crippen LogP contribution is 2.51. The van der Waals surface area contributed by atoms with E-state index in [1.165, 1.54) is 23.8 Å². The summed E-state index contributed by atoms with van der Waals surface area (Å²) in [6.45, 7) is 11.2. The number of aliphatic carboxylic acids is 1. The third kappa shape index (κ3) is 3.70. The maximum absolute atomic E-state index is 13.7. The van der Waals surface area contributed by atoms with E-state index in [0.717, 1.165) is 0 Å². The number of methoxy groups -OCH3 is 1. The Hall–Kier alpha value is -2.42. The number of hydrogen-bond acceptors (Lipinski definition) is 6. The molecule has 3 atom stereocenters. The van der Waals surface area contributed by atoms with Crippen molar-refractivity contribution in [2.24, 2.45) is 11.8 Å². The summed E-state index contributed by atoms with van der Waals surface area (Å²) in [7, 11) is 1.54. The minimum Gasteiger partial charge on any atom is -0.493 e. The Labute approximate surface area is 193 Å². The van der Waals surface area contributed by atoms with E-state index in [4.69, 9.17) is 9.47 Å². The first-order valence-electron chi connectivity index (χ1n) is 10.7. The Morgan fingerprint density at radius 1 is 1.16 bits per heavy atom. The average Bonchev–Trinajstić information content (AvgIpc) is 2.97. The average molecular weight is 465 g/mol. The van der Waals surface area contributed by atoms with Gasteiger partial charge in [0, 0.05) is 16.6 Å². The van der Waals surface area contributed by atoms with Gasteiger partial charge in [0.25, 0.3) is 5.91 Å². The lowest BCUT2D eigenvalue weighted by Gasteiger charge is -2.46. The number of β-lactam (4-membered cyclic amide) rings is 1. The Bertz CT molecular complexity index is 908. The molecule has 2 aliphatic heterocycles. The molecular formula is C23H32N2O6S. The van der Waals surface area contributed by atoms with Crippen LogP contribution in [0.25, 0.3) is 0 Å². The highest BCUT2D eigenvalue weighted by atomic mass is 32.2. The zero-order valence-electron chi connectivity index (χ0n) is 19.5. The van der Waals surface area contributed by atoms with E-state index in [1.54, 1.807) is 32.0 Å². The van der Waals surface area contributed by atoms with Crippen LogP contribution in [0.15, 0.2) is 24.3 Å². The molecule has 8 nitrogen and oxygen atoms in total. The second-order valence-corrected chi connectivity index (χ2v) is 11.2. The van der Waals surface area contributed by atoms with Gasteiger partial charge < -0.3 is 24.8 Å². The lowest BCUT2D eigenvalue weighted by atomic mass is 9.78. The fraction of sp³-hybridized carbons (Fsp3) is 0.609. The molecule has 2 saturated heterocycles. The molecule has 2 fully saturated rings. The summed E-state index contributed by atoms with van der Waals surface area (Å²) in [6.07, 6.45) is 0. The molecule has 1 aromatic rings. The first kappa shape index (κ1) is 24.2. The number of carbonyl (C=O) groups excluding carboxylic acids is 2. The van der Waals surface area contributed by atoms with Crippen LogP contribution in [0.5, 0.6) is 11.5 Å². The first-order chi connectivity index (χ1) is 14.9. The number of fused-ring (bicyclic) bond motifs is 1. The van der Waals surface area contributed by atoms with Crippen molar-refractivity contribution >= 4 is 29.5 Å². The van der Waals surface area contributed by atoms with Crippen molar-refractivity contribution in [2.45, 2.75) is 69.3 Å². The molecule has 176 valence electrons. The normalized spacial score (nSPS) is 24.2. The molecule has 0 aliphatic carbocycles. The van der Waals surface area contributed by atoms with Crippen molar-refractivity contribution < 1.29 is 29.0 Å². The van der Waals surface area contributed by atoms with Gasteiger partial charge in [0.15, 0.2) is 17.1 Å². The van der Waals surface area contributed by atoms with Crippen LogP contribution in [0.1, 0.15) is 41.5 Å². The van der Waals surface area contributed by atoms with Gasteiger partial charge in [-0.3, -0.25) is 9.59 Å². The number of carboxylic acids is 1. The summed E-state index contributed by atoms with van der Waals surface area (Å²) in [6, 6.07) is 5.40. The molecule has 2 aliphatic rings. The lowest BCUT2D eigenvalue weighted by Crippen LogP contribution is -2.73. The summed E-state index contributed by atoms with van der Waals surface area (Å²) in [5.74, 6) is -1.32. The number of rotatable bonds is 8. The van der Waals surface area contributed by atoms with Crippen molar-refractivity contribution in [3.05, 3.63) is 24.3 Å². The number of nitrogens with one attached hydrogen (secondary N) is 1. The maximum Gasteiger partial charge on any atom is 0.327 e. The Kier molecular flexibility index (Phi) is 6.43. The number of ether oxygens (including phenoxy) is 2. The summed E-state index contributed by atoms with van der Waals surface area (Å²) >= 11 is 1.39. The van der Waals surface area contributed by atoms with E-state index in [0.29, 0.717) is 11.5 Å². The lowest BCUT2D eigenvalue weighted by molar-refractivity contribution is -0.164. The van der Waals surface area contributed by atoms with Crippen molar-refractivity contribution in [2.75, 3.05) is 7.11 Å². The minimum absolute atomic E-state index is 0.224. The Morgan fingerprint density at radius 2 is 1.72 bits per heavy atom. The van der Waals surface area contributed by atoms with Crippen LogP contribution in [0.4, 0.5) is 0 Å². The zero-order valence-corrected chi connectivity index (χ0v) is 20.4. The molecule has 2 amide bonds. The summed E-state index contributed by atoms with van der Waals surface area (Å²) < 4.78 is 11.1. The molecule has 2 N–H and O–H groups in total. The molecule has 3 rings (SSSR count). The second kappa shape index (κ2) is 8.50. The van der Waals surface area contributed by atoms with Gasteiger partial charge in [-0.2, -0.15) is 0 Å². The number of carbonyl (C=O) groups is 3. The van der Waals surface area contributed by atoms with Crippen LogP contribution in [0.2, 0.25) is 0 Å². The SMILES string of the molecule is COc1ccccc1OC(C(=O)N[C@@H]1C(=O)N2[C@@H]1SC(C)(C)[C@@H]2C(=O)O)(C(C)C)C(C)C. The smallest absolute Gasteiger partial charge is 0.327 e. The quantitative estimate of drug-likeness (QED) is 0.570. The second-order valence-electron chi connectivity index (χ2n) is 9.40. The van der Waals surface area contributed by atoms with Crippen LogP contribution in [-0.2, 0) is 14.4 Å². The number of carboxylic acid groups (broad SMARTS) is 1. The van der Waals surface area contributed by atoms with Crippen LogP contribution in [0, 0.1) is 11.8 Å². The molecule has 0 bridgehead atoms. The standard InChI is InChI=1S/C23H32N2O6S/c1-12(2)23(13(3)4,31-15-11-9-8-10-14(15)30-7)21(29)24-16-18(26)25-17(20(27)28)22(5,6)32-19(16)25/h8-13,16-17,19H,1-7H3,(H,24,29)(H,27,28)/t16-,17+,19-/m1/s1. The Balaban J connectivity index is 1.89. The summed E-state index contributed by atoms with van der Waals surface area (Å²) in [5.41, 5.74) is -1.26. The Morgan fingerprint density at radius 3 is 2.22 bits per heavy atom. The van der Waals surface area contributed by atoms with Gasteiger partial charge in [-0.05, 0) is 26.0 Å². The van der Waals surface area contributed by atoms with Gasteiger partial charge in [-0.1, -0.05) is 39.8 Å². The number of amides is 2. The van der Waals surface area contributed by atoms with Gasteiger partial charge in [0.1, 0.15) is 17.5 Å². The van der Waals surface area contributed by atoms with E-state index in [9.17, 15) is 19.5 Å². The summed E-state index contributed by atoms with van der Waals surface area (Å²) in [4.78, 5) is 39.7. The number of hydrogen-bond donors (Lipinski definition) is 2. The predicted octanol–water partition coefficient (Wildman–Crippen LogP) is 2.76. The van der Waals surface area contributed by atoms with Gasteiger partial charge in [0.05, 0.1) is 7.11 Å². The molecular weight excluding hydrogens is 432 g/mol. The molecule has 0 unspecified atom stereocenters. The third-order valence-corrected chi connectivity index (χ3v) is 7.95. The third-order valence-electron chi connectivity index (χ3n) is 6.38. The van der Waals surface area contributed by atoms with Crippen molar-refractivity contribution in [3.8, 4) is 11.5 Å². The first-order valence-corrected chi connectivity index (χ1v) is 11.6. The largest absolute Gasteiger partial charge is 0.493 e. The summed E-state index contributed by atoms with van der Waals surface area (Å²) in [5, 5.41) is 12.1. The monoisotopic (exact) mass is 464 g/mol. The van der Waals surface area contributed by atoms with Crippen LogP contribution in [0.3, 0.4) is 0 Å². The number of para-hydroxylation sites is 2. The molecule has 0 radical (unpaired) electrons. The molecule has 9 heteroatoms. The van der Waals surface area contributed by atoms with E-state index in [-0.39, 0.29) is 17.7 Å². The zero-order chi connectivity index (χ0) is 24.0. The highest BCUT2D eigenvalue weighted by molar-refractivity contribution is 8.01. The van der Waals surface area contributed by atoms with Crippen LogP contribution < -0.4 is 14.8 Å². The molecule has 0 aromatic heterocycles. The minimum atomic E-state index is -1.26.